The summed E-state index contributed by atoms with van der Waals surface area (Å²) in [5.41, 5.74) is 2.00. The highest BCUT2D eigenvalue weighted by atomic mass is 19.1. The number of ether oxygens (including phenoxy) is 3. The Balaban J connectivity index is 2.06. The molecule has 0 atom stereocenters. The van der Waals surface area contributed by atoms with Gasteiger partial charge >= 0.3 is 0 Å². The Morgan fingerprint density at radius 2 is 1.50 bits per heavy atom. The number of rotatable bonds is 7. The lowest BCUT2D eigenvalue weighted by molar-refractivity contribution is -0.686. The molecule has 0 spiro atoms. The fourth-order valence-electron chi connectivity index (χ4n) is 2.32. The van der Waals surface area contributed by atoms with Gasteiger partial charge < -0.3 is 19.5 Å². The van der Waals surface area contributed by atoms with Gasteiger partial charge in [0.15, 0.2) is 11.5 Å². The number of hydrogen-bond acceptors (Lipinski definition) is 3. The van der Waals surface area contributed by atoms with Crippen molar-refractivity contribution in [1.82, 2.24) is 0 Å². The minimum absolute atomic E-state index is 0.210. The van der Waals surface area contributed by atoms with Crippen molar-refractivity contribution in [3.05, 3.63) is 53.3 Å². The minimum Gasteiger partial charge on any atom is -0.493 e. The van der Waals surface area contributed by atoms with Gasteiger partial charge in [-0.25, -0.2) is 4.39 Å². The van der Waals surface area contributed by atoms with Gasteiger partial charge in [-0.1, -0.05) is 12.1 Å². The van der Waals surface area contributed by atoms with Crippen LogP contribution in [0.5, 0.6) is 17.2 Å². The van der Waals surface area contributed by atoms with Crippen LogP contribution in [-0.2, 0) is 13.1 Å². The van der Waals surface area contributed by atoms with Gasteiger partial charge in [0.25, 0.3) is 0 Å². The van der Waals surface area contributed by atoms with Crippen LogP contribution in [0.2, 0.25) is 0 Å². The van der Waals surface area contributed by atoms with Crippen molar-refractivity contribution in [3.8, 4) is 17.2 Å². The van der Waals surface area contributed by atoms with Crippen LogP contribution in [0.1, 0.15) is 11.1 Å². The van der Waals surface area contributed by atoms with Crippen LogP contribution in [0.4, 0.5) is 4.39 Å². The molecule has 2 aromatic rings. The lowest BCUT2D eigenvalue weighted by Gasteiger charge is -2.13. The monoisotopic (exact) mass is 306 g/mol. The number of halogens is 1. The Bertz CT molecular complexity index is 606. The molecule has 0 heterocycles. The molecule has 4 nitrogen and oxygen atoms in total. The third kappa shape index (κ3) is 3.89. The van der Waals surface area contributed by atoms with E-state index in [0.717, 1.165) is 17.7 Å². The lowest BCUT2D eigenvalue weighted by Crippen LogP contribution is -2.80. The highest BCUT2D eigenvalue weighted by molar-refractivity contribution is 5.53. The first-order valence-corrected chi connectivity index (χ1v) is 7.03. The first-order chi connectivity index (χ1) is 10.7. The average molecular weight is 306 g/mol. The minimum atomic E-state index is -0.210. The molecule has 2 rings (SSSR count). The van der Waals surface area contributed by atoms with E-state index >= 15 is 0 Å². The van der Waals surface area contributed by atoms with E-state index in [-0.39, 0.29) is 5.82 Å². The van der Waals surface area contributed by atoms with Gasteiger partial charge in [-0.3, -0.25) is 0 Å². The average Bonchev–Trinajstić information content (AvgIpc) is 2.53. The van der Waals surface area contributed by atoms with E-state index in [9.17, 15) is 4.39 Å². The molecule has 2 aromatic carbocycles. The van der Waals surface area contributed by atoms with Crippen LogP contribution in [0, 0.1) is 5.82 Å². The quantitative estimate of drug-likeness (QED) is 0.852. The van der Waals surface area contributed by atoms with Gasteiger partial charge in [-0.2, -0.15) is 0 Å². The van der Waals surface area contributed by atoms with E-state index in [4.69, 9.17) is 14.2 Å². The van der Waals surface area contributed by atoms with E-state index in [0.29, 0.717) is 23.8 Å². The summed E-state index contributed by atoms with van der Waals surface area (Å²) in [6.07, 6.45) is 0. The zero-order valence-corrected chi connectivity index (χ0v) is 13.1. The molecular weight excluding hydrogens is 285 g/mol. The van der Waals surface area contributed by atoms with E-state index in [1.54, 1.807) is 33.5 Å². The predicted octanol–water partition coefficient (Wildman–Crippen LogP) is 2.12. The molecule has 2 N–H and O–H groups in total. The second-order valence-electron chi connectivity index (χ2n) is 4.86. The van der Waals surface area contributed by atoms with Crippen molar-refractivity contribution in [3.63, 3.8) is 0 Å². The largest absolute Gasteiger partial charge is 0.493 e. The molecule has 0 fully saturated rings. The number of nitrogens with two attached hydrogens (primary N) is 1. The van der Waals surface area contributed by atoms with Gasteiger partial charge in [0.2, 0.25) is 5.75 Å². The molecule has 0 aromatic heterocycles. The van der Waals surface area contributed by atoms with E-state index < -0.39 is 0 Å². The van der Waals surface area contributed by atoms with Crippen molar-refractivity contribution < 1.29 is 23.9 Å². The summed E-state index contributed by atoms with van der Waals surface area (Å²) >= 11 is 0. The van der Waals surface area contributed by atoms with Crippen LogP contribution >= 0.6 is 0 Å². The molecule has 0 bridgehead atoms. The summed E-state index contributed by atoms with van der Waals surface area (Å²) in [6.45, 7) is 1.43. The summed E-state index contributed by atoms with van der Waals surface area (Å²) in [5, 5.41) is 2.09. The van der Waals surface area contributed by atoms with Crippen molar-refractivity contribution in [2.45, 2.75) is 13.1 Å². The second kappa shape index (κ2) is 7.66. The normalized spacial score (nSPS) is 10.4. The Morgan fingerprint density at radius 3 is 2.05 bits per heavy atom. The molecule has 0 saturated heterocycles. The molecular formula is C17H21FNO3+. The summed E-state index contributed by atoms with van der Waals surface area (Å²) < 4.78 is 29.1. The molecule has 118 valence electrons. The number of benzene rings is 2. The molecule has 0 aliphatic carbocycles. The maximum atomic E-state index is 13.1. The standard InChI is InChI=1S/C17H20FNO3/c1-20-15-8-13(9-16(21-2)17(15)22-3)11-19-10-12-5-4-6-14(18)7-12/h4-9,19H,10-11H2,1-3H3/p+1. The van der Waals surface area contributed by atoms with Crippen LogP contribution < -0.4 is 19.5 Å². The molecule has 5 heteroatoms. The fraction of sp³-hybridized carbons (Fsp3) is 0.294. The Kier molecular flexibility index (Phi) is 5.61. The zero-order valence-electron chi connectivity index (χ0n) is 13.1. The Morgan fingerprint density at radius 1 is 0.864 bits per heavy atom. The molecule has 0 amide bonds. The van der Waals surface area contributed by atoms with Crippen LogP contribution in [0.3, 0.4) is 0 Å². The Labute approximate surface area is 129 Å². The summed E-state index contributed by atoms with van der Waals surface area (Å²) in [4.78, 5) is 0. The third-order valence-electron chi connectivity index (χ3n) is 3.37. The smallest absolute Gasteiger partial charge is 0.203 e. The second-order valence-corrected chi connectivity index (χ2v) is 4.86. The predicted molar refractivity (Wildman–Crippen MR) is 81.8 cm³/mol. The van der Waals surface area contributed by atoms with Crippen molar-refractivity contribution in [2.75, 3.05) is 21.3 Å². The van der Waals surface area contributed by atoms with Gasteiger partial charge in [-0.15, -0.1) is 0 Å². The van der Waals surface area contributed by atoms with Crippen molar-refractivity contribution in [2.24, 2.45) is 0 Å². The SMILES string of the molecule is COc1cc(C[NH2+]Cc2cccc(F)c2)cc(OC)c1OC. The van der Waals surface area contributed by atoms with E-state index in [2.05, 4.69) is 5.32 Å². The number of methoxy groups -OCH3 is 3. The van der Waals surface area contributed by atoms with E-state index in [1.165, 1.54) is 6.07 Å². The van der Waals surface area contributed by atoms with Gasteiger partial charge in [0.05, 0.1) is 21.3 Å². The molecule has 22 heavy (non-hydrogen) atoms. The maximum Gasteiger partial charge on any atom is 0.203 e. The fourth-order valence-corrected chi connectivity index (χ4v) is 2.32. The van der Waals surface area contributed by atoms with Crippen molar-refractivity contribution in [1.29, 1.82) is 0 Å². The van der Waals surface area contributed by atoms with Gasteiger partial charge in [0.1, 0.15) is 18.9 Å². The maximum absolute atomic E-state index is 13.1. The number of quaternary nitrogens is 1. The van der Waals surface area contributed by atoms with E-state index in [1.807, 2.05) is 18.2 Å². The summed E-state index contributed by atoms with van der Waals surface area (Å²) in [5.74, 6) is 1.64. The van der Waals surface area contributed by atoms with Gasteiger partial charge in [-0.05, 0) is 24.3 Å². The van der Waals surface area contributed by atoms with Crippen LogP contribution in [0.25, 0.3) is 0 Å². The number of hydrogen-bond donors (Lipinski definition) is 1. The molecule has 0 aliphatic rings. The summed E-state index contributed by atoms with van der Waals surface area (Å²) in [7, 11) is 4.77. The molecule has 0 aliphatic heterocycles. The van der Waals surface area contributed by atoms with Gasteiger partial charge in [0, 0.05) is 11.1 Å². The molecule has 0 saturated carbocycles. The Hall–Kier alpha value is -2.27. The lowest BCUT2D eigenvalue weighted by atomic mass is 10.1. The highest BCUT2D eigenvalue weighted by Gasteiger charge is 2.13. The van der Waals surface area contributed by atoms with Crippen molar-refractivity contribution >= 4 is 0 Å². The topological polar surface area (TPSA) is 44.3 Å². The van der Waals surface area contributed by atoms with Crippen LogP contribution in [0.15, 0.2) is 36.4 Å². The summed E-state index contributed by atoms with van der Waals surface area (Å²) in [6, 6.07) is 10.5. The highest BCUT2D eigenvalue weighted by Crippen LogP contribution is 2.37. The molecule has 0 radical (unpaired) electrons. The molecule has 0 unspecified atom stereocenters. The van der Waals surface area contributed by atoms with Crippen LogP contribution in [-0.4, -0.2) is 21.3 Å². The first-order valence-electron chi connectivity index (χ1n) is 7.03. The zero-order chi connectivity index (χ0) is 15.9. The first kappa shape index (κ1) is 16.1. The third-order valence-corrected chi connectivity index (χ3v) is 3.37.